The fourth-order valence-electron chi connectivity index (χ4n) is 7.20. The van der Waals surface area contributed by atoms with E-state index < -0.39 is 16.5 Å². The molecule has 0 bridgehead atoms. The third kappa shape index (κ3) is 12.3. The molecule has 2 fully saturated rings. The number of hydrogen-bond donors (Lipinski definition) is 0. The Bertz CT molecular complexity index is 2060. The van der Waals surface area contributed by atoms with Gasteiger partial charge in [0.25, 0.3) is 0 Å². The van der Waals surface area contributed by atoms with Gasteiger partial charge in [-0.3, -0.25) is 9.59 Å². The molecule has 0 heterocycles. The van der Waals surface area contributed by atoms with Crippen LogP contribution in [0.1, 0.15) is 51.0 Å². The van der Waals surface area contributed by atoms with E-state index in [-0.39, 0.29) is 56.1 Å². The van der Waals surface area contributed by atoms with Crippen LogP contribution in [0.2, 0.25) is 0 Å². The minimum atomic E-state index is -1.01. The zero-order valence-electron chi connectivity index (χ0n) is 32.4. The summed E-state index contributed by atoms with van der Waals surface area (Å²) in [5.74, 6) is 1.15. The third-order valence-electron chi connectivity index (χ3n) is 10.6. The molecule has 0 radical (unpaired) electrons. The minimum absolute atomic E-state index is 0.0233. The molecule has 0 N–H and O–H groups in total. The smallest absolute Gasteiger partial charge is 0.311 e. The van der Waals surface area contributed by atoms with Gasteiger partial charge in [0.2, 0.25) is 12.2 Å². The summed E-state index contributed by atoms with van der Waals surface area (Å²) in [6.45, 7) is 8.08. The molecule has 16 heteroatoms. The SMILES string of the molecule is CC1(C)[C@H](C(=O)O[C@H](C#N)c2cccc(Oc3ccccc3)c2)[C@@H]1C(Br)C(Br)(Br)Br.CC1(C)[C@H](C(=O)O[C@H](C#N)c2cccc(Oc3ccccc3)c2)[C@@H]1C(Br)C(Br)(Br)Br. The lowest BCUT2D eigenvalue weighted by Crippen LogP contribution is -2.23. The van der Waals surface area contributed by atoms with E-state index in [1.54, 1.807) is 48.5 Å². The Balaban J connectivity index is 0.000000228. The lowest BCUT2D eigenvalue weighted by atomic mass is 10.1. The number of nitriles is 2. The molecule has 0 aromatic heterocycles. The molecule has 0 spiro atoms. The molecule has 0 amide bonds. The van der Waals surface area contributed by atoms with Crippen LogP contribution >= 0.6 is 127 Å². The quantitative estimate of drug-likeness (QED) is 0.102. The summed E-state index contributed by atoms with van der Waals surface area (Å²) < 4.78 is 21.8. The summed E-state index contributed by atoms with van der Waals surface area (Å²) in [4.78, 5) is 25.7. The predicted molar refractivity (Wildman–Crippen MR) is 261 cm³/mol. The molecule has 0 saturated heterocycles. The predicted octanol–water partition coefficient (Wildman–Crippen LogP) is 14.9. The highest BCUT2D eigenvalue weighted by atomic mass is 80.0. The van der Waals surface area contributed by atoms with Crippen molar-refractivity contribution in [2.75, 3.05) is 0 Å². The van der Waals surface area contributed by atoms with Gasteiger partial charge >= 0.3 is 11.9 Å². The van der Waals surface area contributed by atoms with Gasteiger partial charge in [-0.25, -0.2) is 0 Å². The number of esters is 2. The van der Waals surface area contributed by atoms with Crippen LogP contribution in [-0.2, 0) is 19.1 Å². The van der Waals surface area contributed by atoms with Gasteiger partial charge in [-0.05, 0) is 71.2 Å². The average Bonchev–Trinajstić information content (AvgIpc) is 4.00. The number of carbonyl (C=O) groups is 2. The van der Waals surface area contributed by atoms with E-state index in [2.05, 4.69) is 140 Å². The van der Waals surface area contributed by atoms with Crippen LogP contribution in [0.3, 0.4) is 0 Å². The monoisotopic (exact) mass is 1320 g/mol. The van der Waals surface area contributed by atoms with Crippen LogP contribution in [0.25, 0.3) is 0 Å². The maximum atomic E-state index is 12.9. The maximum Gasteiger partial charge on any atom is 0.311 e. The first kappa shape index (κ1) is 49.3. The van der Waals surface area contributed by atoms with Crippen LogP contribution in [0.4, 0.5) is 0 Å². The lowest BCUT2D eigenvalue weighted by molar-refractivity contribution is -0.150. The average molecular weight is 1330 g/mol. The van der Waals surface area contributed by atoms with Gasteiger partial charge in [-0.15, -0.1) is 0 Å². The van der Waals surface area contributed by atoms with Crippen molar-refractivity contribution >= 4 is 139 Å². The van der Waals surface area contributed by atoms with Gasteiger partial charge in [0.05, 0.1) is 21.5 Å². The van der Waals surface area contributed by atoms with E-state index in [9.17, 15) is 20.1 Å². The van der Waals surface area contributed by atoms with Gasteiger partial charge in [0.15, 0.2) is 0 Å². The third-order valence-corrected chi connectivity index (χ3v) is 19.7. The molecule has 6 rings (SSSR count). The van der Waals surface area contributed by atoms with E-state index in [1.165, 1.54) is 0 Å². The standard InChI is InChI=1S/2C22H19Br4NO3/c2*1-21(2)17(19(23)22(24,25)26)18(21)20(28)30-16(12-27)13-7-6-10-15(11-13)29-14-8-4-3-5-9-14/h2*3-11,16-19H,1-2H3/t2*16-,17-,18+,19?/m11/s1. The van der Waals surface area contributed by atoms with E-state index in [1.807, 2.05) is 88.4 Å². The van der Waals surface area contributed by atoms with Crippen molar-refractivity contribution in [3.63, 3.8) is 0 Å². The van der Waals surface area contributed by atoms with Gasteiger partial charge in [-0.1, -0.05) is 216 Å². The fourth-order valence-corrected chi connectivity index (χ4v) is 10.9. The summed E-state index contributed by atoms with van der Waals surface area (Å²) in [5.41, 5.74) is 0.620. The summed E-state index contributed by atoms with van der Waals surface area (Å²) in [5, 5.41) is 19.3. The Morgan fingerprint density at radius 2 is 0.867 bits per heavy atom. The summed E-state index contributed by atoms with van der Waals surface area (Å²) >= 11 is 28.4. The second kappa shape index (κ2) is 20.4. The van der Waals surface area contributed by atoms with Gasteiger partial charge in [-0.2, -0.15) is 10.5 Å². The number of halogens is 8. The molecule has 2 aliphatic carbocycles. The fraction of sp³-hybridized carbons (Fsp3) is 0.364. The number of carbonyl (C=O) groups excluding carboxylic acids is 2. The van der Waals surface area contributed by atoms with E-state index in [0.717, 1.165) is 0 Å². The molecule has 60 heavy (non-hydrogen) atoms. The summed E-state index contributed by atoms with van der Waals surface area (Å²) in [7, 11) is 0. The molecule has 4 aromatic carbocycles. The molecule has 8 nitrogen and oxygen atoms in total. The lowest BCUT2D eigenvalue weighted by Gasteiger charge is -2.21. The number of alkyl halides is 8. The molecular formula is C44H38Br8N2O6. The first-order valence-electron chi connectivity index (χ1n) is 18.4. The van der Waals surface area contributed by atoms with Gasteiger partial charge < -0.3 is 18.9 Å². The van der Waals surface area contributed by atoms with Crippen molar-refractivity contribution in [2.45, 2.75) is 53.8 Å². The highest BCUT2D eigenvalue weighted by Gasteiger charge is 2.68. The molecule has 8 atom stereocenters. The van der Waals surface area contributed by atoms with Crippen molar-refractivity contribution in [3.8, 4) is 35.1 Å². The van der Waals surface area contributed by atoms with Gasteiger partial charge in [0, 0.05) is 11.1 Å². The highest BCUT2D eigenvalue weighted by Crippen LogP contribution is 2.67. The van der Waals surface area contributed by atoms with E-state index in [4.69, 9.17) is 18.9 Å². The second-order valence-electron chi connectivity index (χ2n) is 15.4. The van der Waals surface area contributed by atoms with Gasteiger partial charge in [0.1, 0.15) is 39.4 Å². The Hall–Kier alpha value is -1.76. The Morgan fingerprint density at radius 3 is 1.17 bits per heavy atom. The van der Waals surface area contributed by atoms with E-state index >= 15 is 0 Å². The largest absolute Gasteiger partial charge is 0.457 e. The molecule has 2 unspecified atom stereocenters. The minimum Gasteiger partial charge on any atom is -0.457 e. The first-order chi connectivity index (χ1) is 28.1. The number of nitrogens with zero attached hydrogens (tertiary/aromatic N) is 2. The zero-order chi connectivity index (χ0) is 44.2. The Labute approximate surface area is 417 Å². The number of benzene rings is 4. The van der Waals surface area contributed by atoms with Crippen molar-refractivity contribution in [1.82, 2.24) is 0 Å². The highest BCUT2D eigenvalue weighted by molar-refractivity contribution is 9.40. The van der Waals surface area contributed by atoms with Crippen molar-refractivity contribution < 1.29 is 28.5 Å². The number of hydrogen-bond acceptors (Lipinski definition) is 8. The molecule has 2 saturated carbocycles. The van der Waals surface area contributed by atoms with Crippen LogP contribution in [0.5, 0.6) is 23.0 Å². The normalized spacial score (nSPS) is 21.8. The van der Waals surface area contributed by atoms with Crippen LogP contribution in [0.15, 0.2) is 109 Å². The molecule has 0 aliphatic heterocycles. The van der Waals surface area contributed by atoms with Crippen LogP contribution in [-0.4, -0.2) is 25.9 Å². The molecule has 4 aromatic rings. The Morgan fingerprint density at radius 1 is 0.550 bits per heavy atom. The maximum absolute atomic E-state index is 12.9. The van der Waals surface area contributed by atoms with Crippen LogP contribution in [0, 0.1) is 57.2 Å². The van der Waals surface area contributed by atoms with Crippen molar-refractivity contribution in [3.05, 3.63) is 120 Å². The topological polar surface area (TPSA) is 119 Å². The number of para-hydroxylation sites is 2. The van der Waals surface area contributed by atoms with Crippen LogP contribution < -0.4 is 9.47 Å². The first-order valence-corrected chi connectivity index (χ1v) is 25.0. The summed E-state index contributed by atoms with van der Waals surface area (Å²) in [6.07, 6.45) is -2.02. The molecule has 316 valence electrons. The number of rotatable bonds is 12. The second-order valence-corrected chi connectivity index (χ2v) is 31.3. The van der Waals surface area contributed by atoms with Crippen molar-refractivity contribution in [2.24, 2.45) is 34.5 Å². The van der Waals surface area contributed by atoms with E-state index in [0.29, 0.717) is 34.1 Å². The zero-order valence-corrected chi connectivity index (χ0v) is 45.1. The van der Waals surface area contributed by atoms with Crippen molar-refractivity contribution in [1.29, 1.82) is 10.5 Å². The molecule has 2 aliphatic rings. The molecular weight excluding hydrogens is 1290 g/mol. The number of ether oxygens (including phenoxy) is 4. The summed E-state index contributed by atoms with van der Waals surface area (Å²) in [6, 6.07) is 37.0. The Kier molecular flexibility index (Phi) is 16.7.